The number of amides is 1. The van der Waals surface area contributed by atoms with Gasteiger partial charge in [0.1, 0.15) is 0 Å². The molecule has 0 aliphatic carbocycles. The summed E-state index contributed by atoms with van der Waals surface area (Å²) in [5.74, 6) is 0.551. The smallest absolute Gasteiger partial charge is 0.251 e. The number of para-hydroxylation sites is 1. The summed E-state index contributed by atoms with van der Waals surface area (Å²) in [6.45, 7) is 2.92. The maximum absolute atomic E-state index is 12.3. The second-order valence-electron chi connectivity index (χ2n) is 6.79. The monoisotopic (exact) mass is 334 g/mol. The summed E-state index contributed by atoms with van der Waals surface area (Å²) < 4.78 is 1.89. The quantitative estimate of drug-likeness (QED) is 0.798. The van der Waals surface area contributed by atoms with Gasteiger partial charge in [-0.3, -0.25) is 4.79 Å². The van der Waals surface area contributed by atoms with Crippen molar-refractivity contribution in [2.75, 3.05) is 26.7 Å². The van der Waals surface area contributed by atoms with Crippen molar-refractivity contribution in [1.82, 2.24) is 20.0 Å². The highest BCUT2D eigenvalue weighted by Gasteiger charge is 2.20. The van der Waals surface area contributed by atoms with Crippen molar-refractivity contribution in [3.8, 4) is 5.69 Å². The van der Waals surface area contributed by atoms with Gasteiger partial charge in [0.25, 0.3) is 5.91 Å². The molecule has 1 unspecified atom stereocenters. The van der Waals surface area contributed by atoms with Crippen LogP contribution in [0.1, 0.15) is 16.8 Å². The second kappa shape index (κ2) is 6.69. The summed E-state index contributed by atoms with van der Waals surface area (Å²) >= 11 is 0. The van der Waals surface area contributed by atoms with Gasteiger partial charge in [-0.2, -0.15) is 5.10 Å². The number of carbonyl (C=O) groups excluding carboxylic acids is 1. The van der Waals surface area contributed by atoms with Crippen LogP contribution in [0.15, 0.2) is 54.7 Å². The van der Waals surface area contributed by atoms with E-state index in [-0.39, 0.29) is 5.91 Å². The number of benzene rings is 2. The minimum absolute atomic E-state index is 0.00794. The summed E-state index contributed by atoms with van der Waals surface area (Å²) in [6, 6.07) is 15.7. The van der Waals surface area contributed by atoms with Crippen molar-refractivity contribution in [3.63, 3.8) is 0 Å². The molecule has 0 bridgehead atoms. The number of likely N-dealkylation sites (tertiary alicyclic amines) is 1. The topological polar surface area (TPSA) is 50.2 Å². The highest BCUT2D eigenvalue weighted by molar-refractivity contribution is 5.94. The van der Waals surface area contributed by atoms with Crippen molar-refractivity contribution in [3.05, 3.63) is 60.3 Å². The molecule has 1 aliphatic rings. The Bertz CT molecular complexity index is 884. The van der Waals surface area contributed by atoms with Gasteiger partial charge in [-0.25, -0.2) is 4.68 Å². The Hall–Kier alpha value is -2.66. The van der Waals surface area contributed by atoms with E-state index in [0.717, 1.165) is 42.6 Å². The minimum atomic E-state index is -0.00794. The van der Waals surface area contributed by atoms with E-state index >= 15 is 0 Å². The molecule has 0 spiro atoms. The van der Waals surface area contributed by atoms with Crippen LogP contribution in [0.5, 0.6) is 0 Å². The van der Waals surface area contributed by atoms with Crippen LogP contribution in [0.4, 0.5) is 0 Å². The normalized spacial score (nSPS) is 17.9. The third-order valence-corrected chi connectivity index (χ3v) is 4.89. The SMILES string of the molecule is CN1CCC(CNC(=O)c2ccc(-n3ncc4ccccc43)cc2)C1. The summed E-state index contributed by atoms with van der Waals surface area (Å²) in [6.07, 6.45) is 3.01. The van der Waals surface area contributed by atoms with E-state index in [9.17, 15) is 4.79 Å². The number of hydrogen-bond acceptors (Lipinski definition) is 3. The summed E-state index contributed by atoms with van der Waals surface area (Å²) in [5.41, 5.74) is 2.70. The van der Waals surface area contributed by atoms with E-state index in [2.05, 4.69) is 22.4 Å². The number of hydrogen-bond donors (Lipinski definition) is 1. The second-order valence-corrected chi connectivity index (χ2v) is 6.79. The van der Waals surface area contributed by atoms with Crippen LogP contribution in [0.3, 0.4) is 0 Å². The van der Waals surface area contributed by atoms with E-state index in [1.54, 1.807) is 0 Å². The molecule has 2 heterocycles. The average Bonchev–Trinajstić information content (AvgIpc) is 3.26. The number of carbonyl (C=O) groups is 1. The maximum atomic E-state index is 12.3. The molecular formula is C20H22N4O. The molecule has 1 fully saturated rings. The van der Waals surface area contributed by atoms with Gasteiger partial charge in [-0.1, -0.05) is 18.2 Å². The van der Waals surface area contributed by atoms with Gasteiger partial charge in [0.2, 0.25) is 0 Å². The minimum Gasteiger partial charge on any atom is -0.352 e. The zero-order chi connectivity index (χ0) is 17.2. The van der Waals surface area contributed by atoms with E-state index in [4.69, 9.17) is 0 Å². The molecule has 1 aromatic heterocycles. The number of aromatic nitrogens is 2. The molecule has 1 amide bonds. The first-order valence-electron chi connectivity index (χ1n) is 8.70. The van der Waals surface area contributed by atoms with Crippen LogP contribution in [-0.4, -0.2) is 47.3 Å². The van der Waals surface area contributed by atoms with Gasteiger partial charge in [0, 0.05) is 24.0 Å². The average molecular weight is 334 g/mol. The Labute approximate surface area is 147 Å². The fourth-order valence-corrected chi connectivity index (χ4v) is 3.46. The molecule has 2 aromatic carbocycles. The lowest BCUT2D eigenvalue weighted by Gasteiger charge is -2.12. The molecule has 25 heavy (non-hydrogen) atoms. The van der Waals surface area contributed by atoms with Gasteiger partial charge in [0.05, 0.1) is 17.4 Å². The molecular weight excluding hydrogens is 312 g/mol. The zero-order valence-corrected chi connectivity index (χ0v) is 14.4. The maximum Gasteiger partial charge on any atom is 0.251 e. The van der Waals surface area contributed by atoms with Gasteiger partial charge < -0.3 is 10.2 Å². The van der Waals surface area contributed by atoms with E-state index in [1.165, 1.54) is 0 Å². The summed E-state index contributed by atoms with van der Waals surface area (Å²) in [7, 11) is 2.12. The number of nitrogens with zero attached hydrogens (tertiary/aromatic N) is 3. The van der Waals surface area contributed by atoms with Crippen LogP contribution >= 0.6 is 0 Å². The standard InChI is InChI=1S/C20H22N4O/c1-23-11-10-15(14-23)12-21-20(25)16-6-8-18(9-7-16)24-19-5-3-2-4-17(19)13-22-24/h2-9,13,15H,10-12,14H2,1H3,(H,21,25). The molecule has 3 aromatic rings. The highest BCUT2D eigenvalue weighted by atomic mass is 16.1. The van der Waals surface area contributed by atoms with Gasteiger partial charge in [-0.15, -0.1) is 0 Å². The van der Waals surface area contributed by atoms with Gasteiger partial charge in [0.15, 0.2) is 0 Å². The molecule has 0 saturated carbocycles. The first kappa shape index (κ1) is 15.8. The van der Waals surface area contributed by atoms with Crippen molar-refractivity contribution in [1.29, 1.82) is 0 Å². The molecule has 1 aliphatic heterocycles. The Balaban J connectivity index is 1.45. The van der Waals surface area contributed by atoms with E-state index in [1.807, 2.05) is 59.4 Å². The first-order valence-corrected chi connectivity index (χ1v) is 8.70. The highest BCUT2D eigenvalue weighted by Crippen LogP contribution is 2.18. The summed E-state index contributed by atoms with van der Waals surface area (Å²) in [4.78, 5) is 14.7. The third kappa shape index (κ3) is 3.28. The first-order chi connectivity index (χ1) is 12.2. The van der Waals surface area contributed by atoms with Gasteiger partial charge in [-0.05, 0) is 56.3 Å². The van der Waals surface area contributed by atoms with Crippen molar-refractivity contribution in [2.45, 2.75) is 6.42 Å². The lowest BCUT2D eigenvalue weighted by molar-refractivity contribution is 0.0947. The lowest BCUT2D eigenvalue weighted by atomic mass is 10.1. The number of rotatable bonds is 4. The van der Waals surface area contributed by atoms with E-state index in [0.29, 0.717) is 11.5 Å². The van der Waals surface area contributed by atoms with Gasteiger partial charge >= 0.3 is 0 Å². The Morgan fingerprint density at radius 2 is 2.00 bits per heavy atom. The molecule has 1 atom stereocenters. The van der Waals surface area contributed by atoms with Crippen LogP contribution < -0.4 is 5.32 Å². The van der Waals surface area contributed by atoms with Crippen LogP contribution in [0, 0.1) is 5.92 Å². The summed E-state index contributed by atoms with van der Waals surface area (Å²) in [5, 5.41) is 8.61. The van der Waals surface area contributed by atoms with Crippen LogP contribution in [0.2, 0.25) is 0 Å². The molecule has 1 N–H and O–H groups in total. The Morgan fingerprint density at radius 3 is 2.76 bits per heavy atom. The van der Waals surface area contributed by atoms with Crippen molar-refractivity contribution >= 4 is 16.8 Å². The van der Waals surface area contributed by atoms with Crippen LogP contribution in [0.25, 0.3) is 16.6 Å². The number of nitrogens with one attached hydrogen (secondary N) is 1. The molecule has 0 radical (unpaired) electrons. The fraction of sp³-hybridized carbons (Fsp3) is 0.300. The molecule has 5 heteroatoms. The van der Waals surface area contributed by atoms with Crippen molar-refractivity contribution < 1.29 is 4.79 Å². The largest absolute Gasteiger partial charge is 0.352 e. The molecule has 128 valence electrons. The number of fused-ring (bicyclic) bond motifs is 1. The Kier molecular flexibility index (Phi) is 4.24. The predicted molar refractivity (Wildman–Crippen MR) is 99.0 cm³/mol. The zero-order valence-electron chi connectivity index (χ0n) is 14.4. The molecule has 5 nitrogen and oxygen atoms in total. The Morgan fingerprint density at radius 1 is 1.20 bits per heavy atom. The van der Waals surface area contributed by atoms with Crippen LogP contribution in [-0.2, 0) is 0 Å². The van der Waals surface area contributed by atoms with Crippen molar-refractivity contribution in [2.24, 2.45) is 5.92 Å². The predicted octanol–water partition coefficient (Wildman–Crippen LogP) is 2.71. The lowest BCUT2D eigenvalue weighted by Crippen LogP contribution is -2.30. The molecule has 1 saturated heterocycles. The third-order valence-electron chi connectivity index (χ3n) is 4.89. The fourth-order valence-electron chi connectivity index (χ4n) is 3.46. The van der Waals surface area contributed by atoms with E-state index < -0.39 is 0 Å². The molecule has 4 rings (SSSR count).